The van der Waals surface area contributed by atoms with Crippen molar-refractivity contribution in [3.8, 4) is 11.6 Å². The molecule has 0 fully saturated rings. The minimum absolute atomic E-state index is 0.0307. The molecule has 28 heavy (non-hydrogen) atoms. The van der Waals surface area contributed by atoms with Crippen LogP contribution in [0.3, 0.4) is 0 Å². The predicted octanol–water partition coefficient (Wildman–Crippen LogP) is 2.94. The van der Waals surface area contributed by atoms with Gasteiger partial charge in [-0.15, -0.1) is 0 Å². The smallest absolute Gasteiger partial charge is 0.245 e. The van der Waals surface area contributed by atoms with E-state index in [2.05, 4.69) is 30.4 Å². The number of oxazole rings is 1. The second-order valence-corrected chi connectivity index (χ2v) is 5.79. The summed E-state index contributed by atoms with van der Waals surface area (Å²) in [6.45, 7) is 2.37. The fraction of sp³-hybridized carbons (Fsp3) is 0.222. The van der Waals surface area contributed by atoms with Crippen LogP contribution in [0.25, 0.3) is 17.3 Å². The highest BCUT2D eigenvalue weighted by Gasteiger charge is 2.12. The summed E-state index contributed by atoms with van der Waals surface area (Å²) in [5.41, 5.74) is 16.0. The molecule has 0 radical (unpaired) electrons. The Kier molecular flexibility index (Phi) is 6.02. The zero-order valence-corrected chi connectivity index (χ0v) is 15.5. The van der Waals surface area contributed by atoms with Gasteiger partial charge in [-0.1, -0.05) is 6.07 Å². The van der Waals surface area contributed by atoms with Gasteiger partial charge in [-0.2, -0.15) is 5.11 Å². The molecule has 3 aromatic heterocycles. The molecule has 10 heteroatoms. The number of ether oxygens (including phenoxy) is 1. The summed E-state index contributed by atoms with van der Waals surface area (Å²) in [5.74, 6) is 0.337. The zero-order chi connectivity index (χ0) is 19.9. The van der Waals surface area contributed by atoms with Gasteiger partial charge >= 0.3 is 0 Å². The molecule has 0 aliphatic carbocycles. The van der Waals surface area contributed by atoms with Crippen LogP contribution in [0.4, 0.5) is 5.95 Å². The third-order valence-electron chi connectivity index (χ3n) is 3.90. The molecule has 0 bridgehead atoms. The van der Waals surface area contributed by atoms with Crippen molar-refractivity contribution in [1.29, 1.82) is 5.53 Å². The molecule has 0 amide bonds. The molecule has 3 aromatic rings. The van der Waals surface area contributed by atoms with Crippen molar-refractivity contribution in [1.82, 2.24) is 25.3 Å². The van der Waals surface area contributed by atoms with Gasteiger partial charge in [0.15, 0.2) is 0 Å². The number of rotatable bonds is 8. The van der Waals surface area contributed by atoms with E-state index >= 15 is 0 Å². The molecule has 0 spiro atoms. The SMILES string of the molecule is COC(C)c1cccc(CN/C=C(\N=N)c2cc(-c3ncco3)nc(N)n2)n1. The van der Waals surface area contributed by atoms with Gasteiger partial charge in [0.1, 0.15) is 17.7 Å². The van der Waals surface area contributed by atoms with E-state index in [0.29, 0.717) is 23.8 Å². The first-order valence-electron chi connectivity index (χ1n) is 8.45. The molecular formula is C18H20N8O2. The molecule has 1 atom stereocenters. The van der Waals surface area contributed by atoms with Gasteiger partial charge in [-0.3, -0.25) is 4.98 Å². The van der Waals surface area contributed by atoms with Crippen LogP contribution in [-0.2, 0) is 11.3 Å². The maximum atomic E-state index is 7.46. The fourth-order valence-electron chi connectivity index (χ4n) is 2.42. The third kappa shape index (κ3) is 4.54. The second-order valence-electron chi connectivity index (χ2n) is 5.79. The van der Waals surface area contributed by atoms with Gasteiger partial charge in [-0.25, -0.2) is 20.5 Å². The summed E-state index contributed by atoms with van der Waals surface area (Å²) in [4.78, 5) is 16.8. The molecule has 0 aliphatic heterocycles. The maximum Gasteiger partial charge on any atom is 0.245 e. The lowest BCUT2D eigenvalue weighted by Gasteiger charge is -2.10. The van der Waals surface area contributed by atoms with E-state index in [-0.39, 0.29) is 17.7 Å². The predicted molar refractivity (Wildman–Crippen MR) is 102 cm³/mol. The zero-order valence-electron chi connectivity index (χ0n) is 15.5. The highest BCUT2D eigenvalue weighted by Crippen LogP contribution is 2.21. The summed E-state index contributed by atoms with van der Waals surface area (Å²) in [7, 11) is 1.64. The first kappa shape index (κ1) is 19.1. The van der Waals surface area contributed by atoms with E-state index in [1.54, 1.807) is 19.4 Å². The monoisotopic (exact) mass is 380 g/mol. The molecule has 144 valence electrons. The van der Waals surface area contributed by atoms with E-state index in [9.17, 15) is 0 Å². The standard InChI is InChI=1S/C18H20N8O2/c1-11(27-2)13-5-3-4-12(23-13)9-21-10-16(26-20)14-8-15(25-18(19)24-14)17-22-6-7-28-17/h3-8,10-11,20-21H,9H2,1-2H3,(H2,19,24,25)/b16-10-,26-20?. The number of methoxy groups -OCH3 is 1. The Morgan fingerprint density at radius 2 is 2.25 bits per heavy atom. The first-order chi connectivity index (χ1) is 13.6. The van der Waals surface area contributed by atoms with Crippen LogP contribution in [0, 0.1) is 5.53 Å². The largest absolute Gasteiger partial charge is 0.443 e. The second kappa shape index (κ2) is 8.82. The molecule has 1 unspecified atom stereocenters. The number of nitrogens with two attached hydrogens (primary N) is 1. The topological polar surface area (TPSA) is 148 Å². The summed E-state index contributed by atoms with van der Waals surface area (Å²) < 4.78 is 10.5. The third-order valence-corrected chi connectivity index (χ3v) is 3.90. The minimum Gasteiger partial charge on any atom is -0.443 e. The van der Waals surface area contributed by atoms with Gasteiger partial charge in [0.25, 0.3) is 0 Å². The molecule has 3 rings (SSSR count). The van der Waals surface area contributed by atoms with Gasteiger partial charge in [0, 0.05) is 13.3 Å². The van der Waals surface area contributed by atoms with Crippen molar-refractivity contribution in [2.75, 3.05) is 12.8 Å². The lowest BCUT2D eigenvalue weighted by molar-refractivity contribution is 0.116. The van der Waals surface area contributed by atoms with Crippen LogP contribution in [0.1, 0.15) is 30.1 Å². The highest BCUT2D eigenvalue weighted by molar-refractivity contribution is 5.65. The van der Waals surface area contributed by atoms with Crippen molar-refractivity contribution in [2.45, 2.75) is 19.6 Å². The quantitative estimate of drug-likeness (QED) is 0.505. The maximum absolute atomic E-state index is 7.46. The van der Waals surface area contributed by atoms with Crippen molar-refractivity contribution < 1.29 is 9.15 Å². The molecule has 0 aromatic carbocycles. The number of nitrogens with one attached hydrogen (secondary N) is 2. The lowest BCUT2D eigenvalue weighted by Crippen LogP contribution is -2.10. The van der Waals surface area contributed by atoms with Gasteiger partial charge in [-0.05, 0) is 25.1 Å². The van der Waals surface area contributed by atoms with Gasteiger partial charge < -0.3 is 20.2 Å². The highest BCUT2D eigenvalue weighted by atomic mass is 16.5. The molecule has 10 nitrogen and oxygen atoms in total. The van der Waals surface area contributed by atoms with Crippen LogP contribution >= 0.6 is 0 Å². The summed E-state index contributed by atoms with van der Waals surface area (Å²) in [5, 5.41) is 6.61. The van der Waals surface area contributed by atoms with E-state index in [4.69, 9.17) is 20.4 Å². The van der Waals surface area contributed by atoms with E-state index in [1.165, 1.54) is 12.5 Å². The fourth-order valence-corrected chi connectivity index (χ4v) is 2.42. The van der Waals surface area contributed by atoms with Crippen LogP contribution < -0.4 is 11.1 Å². The number of pyridine rings is 1. The molecule has 0 saturated carbocycles. The lowest BCUT2D eigenvalue weighted by atomic mass is 10.2. The number of nitrogens with zero attached hydrogens (tertiary/aromatic N) is 5. The van der Waals surface area contributed by atoms with Gasteiger partial charge in [0.05, 0.1) is 35.9 Å². The normalized spacial score (nSPS) is 12.6. The van der Waals surface area contributed by atoms with Crippen LogP contribution in [0.2, 0.25) is 0 Å². The van der Waals surface area contributed by atoms with Crippen molar-refractivity contribution in [3.63, 3.8) is 0 Å². The van der Waals surface area contributed by atoms with E-state index < -0.39 is 0 Å². The van der Waals surface area contributed by atoms with E-state index in [0.717, 1.165) is 11.4 Å². The Hall–Kier alpha value is -3.66. The summed E-state index contributed by atoms with van der Waals surface area (Å²) in [6, 6.07) is 7.33. The van der Waals surface area contributed by atoms with Crippen molar-refractivity contribution in [3.05, 3.63) is 60.0 Å². The Morgan fingerprint density at radius 1 is 1.39 bits per heavy atom. The Balaban J connectivity index is 1.77. The van der Waals surface area contributed by atoms with Crippen LogP contribution in [-0.4, -0.2) is 27.0 Å². The first-order valence-corrected chi connectivity index (χ1v) is 8.45. The Bertz CT molecular complexity index is 971. The minimum atomic E-state index is -0.0908. The molecule has 0 aliphatic rings. The van der Waals surface area contributed by atoms with Crippen LogP contribution in [0.5, 0.6) is 0 Å². The number of aromatic nitrogens is 4. The molecule has 3 heterocycles. The Morgan fingerprint density at radius 3 is 2.96 bits per heavy atom. The number of anilines is 1. The average molecular weight is 380 g/mol. The van der Waals surface area contributed by atoms with Crippen molar-refractivity contribution in [2.24, 2.45) is 5.11 Å². The number of hydrogen-bond acceptors (Lipinski definition) is 10. The van der Waals surface area contributed by atoms with Gasteiger partial charge in [0.2, 0.25) is 11.8 Å². The van der Waals surface area contributed by atoms with Crippen LogP contribution in [0.15, 0.2) is 52.5 Å². The Labute approximate surface area is 161 Å². The van der Waals surface area contributed by atoms with E-state index in [1.807, 2.05) is 25.1 Å². The molecular weight excluding hydrogens is 360 g/mol. The van der Waals surface area contributed by atoms with Crippen molar-refractivity contribution >= 4 is 11.6 Å². The molecule has 0 saturated heterocycles. The summed E-state index contributed by atoms with van der Waals surface area (Å²) in [6.07, 6.45) is 4.42. The number of hydrogen-bond donors (Lipinski definition) is 3. The average Bonchev–Trinajstić information content (AvgIpc) is 3.25. The summed E-state index contributed by atoms with van der Waals surface area (Å²) >= 11 is 0. The molecule has 4 N–H and O–H groups in total. The number of nitrogen functional groups attached to an aromatic ring is 1.